The highest BCUT2D eigenvalue weighted by Gasteiger charge is 2.11. The van der Waals surface area contributed by atoms with Gasteiger partial charge in [-0.25, -0.2) is 15.0 Å². The Hall–Kier alpha value is -1.95. The number of methoxy groups -OCH3 is 1. The fraction of sp³-hybridized carbons (Fsp3) is 0.500. The molecule has 0 aliphatic heterocycles. The average Bonchev–Trinajstić information content (AvgIpc) is 2.88. The molecule has 0 aliphatic carbocycles. The largest absolute Gasteiger partial charge is 0.378 e. The summed E-state index contributed by atoms with van der Waals surface area (Å²) in [5.41, 5.74) is 1.79. The third-order valence-corrected chi connectivity index (χ3v) is 2.84. The van der Waals surface area contributed by atoms with E-state index in [2.05, 4.69) is 31.8 Å². The summed E-state index contributed by atoms with van der Waals surface area (Å²) in [7, 11) is 1.66. The van der Waals surface area contributed by atoms with Crippen LogP contribution < -0.4 is 5.32 Å². The number of ether oxygens (including phenoxy) is 1. The molecule has 0 amide bonds. The quantitative estimate of drug-likeness (QED) is 0.840. The second-order valence-corrected chi connectivity index (χ2v) is 4.50. The molecule has 2 aromatic rings. The lowest BCUT2D eigenvalue weighted by Crippen LogP contribution is -2.07. The maximum Gasteiger partial charge on any atom is 0.180 e. The van der Waals surface area contributed by atoms with Crippen molar-refractivity contribution in [2.45, 2.75) is 33.4 Å². The predicted octanol–water partition coefficient (Wildman–Crippen LogP) is 2.33. The summed E-state index contributed by atoms with van der Waals surface area (Å²) in [5, 5.41) is 3.22. The molecular weight excluding hydrogens is 254 g/mol. The molecule has 0 fully saturated rings. The van der Waals surface area contributed by atoms with Crippen LogP contribution in [0, 0.1) is 0 Å². The van der Waals surface area contributed by atoms with Gasteiger partial charge in [0, 0.05) is 26.3 Å². The molecule has 0 atom stereocenters. The standard InChI is InChI=1S/C14H21N5O/c1-4-6-19-10-15-8-12(19)14-17-11(9-20-3)7-13(18-14)16-5-2/h7-8,10H,4-6,9H2,1-3H3,(H,16,17,18). The molecule has 0 aromatic carbocycles. The molecule has 6 nitrogen and oxygen atoms in total. The van der Waals surface area contributed by atoms with Gasteiger partial charge in [-0.2, -0.15) is 0 Å². The van der Waals surface area contributed by atoms with Crippen molar-refractivity contribution in [2.75, 3.05) is 19.0 Å². The maximum atomic E-state index is 5.17. The first kappa shape index (κ1) is 14.5. The summed E-state index contributed by atoms with van der Waals surface area (Å²) in [6, 6.07) is 1.91. The Morgan fingerprint density at radius 3 is 2.85 bits per heavy atom. The smallest absolute Gasteiger partial charge is 0.180 e. The number of hydrogen-bond donors (Lipinski definition) is 1. The van der Waals surface area contributed by atoms with Crippen LogP contribution in [0.3, 0.4) is 0 Å². The highest BCUT2D eigenvalue weighted by molar-refractivity contribution is 5.53. The van der Waals surface area contributed by atoms with Crippen LogP contribution in [0.15, 0.2) is 18.6 Å². The van der Waals surface area contributed by atoms with Crippen molar-refractivity contribution in [1.82, 2.24) is 19.5 Å². The van der Waals surface area contributed by atoms with Gasteiger partial charge in [0.25, 0.3) is 0 Å². The molecule has 0 bridgehead atoms. The lowest BCUT2D eigenvalue weighted by Gasteiger charge is -2.10. The first-order valence-electron chi connectivity index (χ1n) is 6.89. The van der Waals surface area contributed by atoms with Crippen LogP contribution in [0.4, 0.5) is 5.82 Å². The van der Waals surface area contributed by atoms with E-state index in [0.29, 0.717) is 12.4 Å². The normalized spacial score (nSPS) is 10.8. The number of nitrogens with zero attached hydrogens (tertiary/aromatic N) is 4. The molecule has 0 unspecified atom stereocenters. The number of aromatic nitrogens is 4. The van der Waals surface area contributed by atoms with Crippen molar-refractivity contribution in [2.24, 2.45) is 0 Å². The first-order chi connectivity index (χ1) is 9.78. The van der Waals surface area contributed by atoms with Gasteiger partial charge in [-0.3, -0.25) is 0 Å². The third-order valence-electron chi connectivity index (χ3n) is 2.84. The van der Waals surface area contributed by atoms with E-state index in [1.54, 1.807) is 13.3 Å². The van der Waals surface area contributed by atoms with Gasteiger partial charge in [-0.15, -0.1) is 0 Å². The highest BCUT2D eigenvalue weighted by atomic mass is 16.5. The highest BCUT2D eigenvalue weighted by Crippen LogP contribution is 2.18. The van der Waals surface area contributed by atoms with Gasteiger partial charge < -0.3 is 14.6 Å². The van der Waals surface area contributed by atoms with Crippen LogP contribution in [-0.4, -0.2) is 33.2 Å². The average molecular weight is 275 g/mol. The van der Waals surface area contributed by atoms with Gasteiger partial charge in [0.15, 0.2) is 5.82 Å². The molecule has 0 radical (unpaired) electrons. The summed E-state index contributed by atoms with van der Waals surface area (Å²) in [4.78, 5) is 13.3. The SMILES string of the molecule is CCCn1cncc1-c1nc(COC)cc(NCC)n1. The van der Waals surface area contributed by atoms with Crippen LogP contribution in [-0.2, 0) is 17.9 Å². The van der Waals surface area contributed by atoms with Gasteiger partial charge in [0.05, 0.1) is 24.8 Å². The van der Waals surface area contributed by atoms with Gasteiger partial charge in [-0.1, -0.05) is 6.92 Å². The number of imidazole rings is 1. The van der Waals surface area contributed by atoms with Crippen molar-refractivity contribution in [3.63, 3.8) is 0 Å². The minimum absolute atomic E-state index is 0.468. The molecule has 0 spiro atoms. The second-order valence-electron chi connectivity index (χ2n) is 4.50. The molecule has 108 valence electrons. The third kappa shape index (κ3) is 3.33. The summed E-state index contributed by atoms with van der Waals surface area (Å²) < 4.78 is 7.24. The van der Waals surface area contributed by atoms with Gasteiger partial charge in [0.2, 0.25) is 0 Å². The molecule has 20 heavy (non-hydrogen) atoms. The Bertz CT molecular complexity index is 528. The number of hydrogen-bond acceptors (Lipinski definition) is 5. The van der Waals surface area contributed by atoms with Crippen molar-refractivity contribution >= 4 is 5.82 Å². The zero-order chi connectivity index (χ0) is 14.4. The van der Waals surface area contributed by atoms with Crippen LogP contribution in [0.25, 0.3) is 11.5 Å². The van der Waals surface area contributed by atoms with Crippen LogP contribution in [0.5, 0.6) is 0 Å². The lowest BCUT2D eigenvalue weighted by atomic mass is 10.3. The zero-order valence-corrected chi connectivity index (χ0v) is 12.3. The van der Waals surface area contributed by atoms with Crippen molar-refractivity contribution in [3.05, 3.63) is 24.3 Å². The van der Waals surface area contributed by atoms with E-state index in [1.165, 1.54) is 0 Å². The maximum absolute atomic E-state index is 5.17. The predicted molar refractivity (Wildman–Crippen MR) is 78.4 cm³/mol. The zero-order valence-electron chi connectivity index (χ0n) is 12.3. The van der Waals surface area contributed by atoms with E-state index in [4.69, 9.17) is 4.74 Å². The number of aryl methyl sites for hydroxylation is 1. The Labute approximate surface area is 119 Å². The van der Waals surface area contributed by atoms with Crippen molar-refractivity contribution in [3.8, 4) is 11.5 Å². The molecule has 0 saturated heterocycles. The molecule has 0 aliphatic rings. The Morgan fingerprint density at radius 1 is 1.30 bits per heavy atom. The van der Waals surface area contributed by atoms with Gasteiger partial charge >= 0.3 is 0 Å². The van der Waals surface area contributed by atoms with Crippen LogP contribution in [0.2, 0.25) is 0 Å². The van der Waals surface area contributed by atoms with Crippen LogP contribution in [0.1, 0.15) is 26.0 Å². The topological polar surface area (TPSA) is 64.9 Å². The summed E-state index contributed by atoms with van der Waals surface area (Å²) >= 11 is 0. The molecule has 1 N–H and O–H groups in total. The fourth-order valence-electron chi connectivity index (χ4n) is 2.03. The van der Waals surface area contributed by atoms with E-state index in [9.17, 15) is 0 Å². The number of anilines is 1. The molecule has 0 saturated carbocycles. The second kappa shape index (κ2) is 7.00. The van der Waals surface area contributed by atoms with E-state index >= 15 is 0 Å². The Balaban J connectivity index is 2.40. The van der Waals surface area contributed by atoms with E-state index in [1.807, 2.05) is 19.3 Å². The molecular formula is C14H21N5O. The number of rotatable bonds is 7. The van der Waals surface area contributed by atoms with Crippen molar-refractivity contribution in [1.29, 1.82) is 0 Å². The number of nitrogens with one attached hydrogen (secondary N) is 1. The summed E-state index contributed by atoms with van der Waals surface area (Å²) in [6.07, 6.45) is 4.66. The summed E-state index contributed by atoms with van der Waals surface area (Å²) in [6.45, 7) is 6.37. The molecule has 2 aromatic heterocycles. The monoisotopic (exact) mass is 275 g/mol. The Kier molecular flexibility index (Phi) is 5.06. The first-order valence-corrected chi connectivity index (χ1v) is 6.89. The lowest BCUT2D eigenvalue weighted by molar-refractivity contribution is 0.181. The van der Waals surface area contributed by atoms with Crippen LogP contribution >= 0.6 is 0 Å². The Morgan fingerprint density at radius 2 is 2.15 bits per heavy atom. The van der Waals surface area contributed by atoms with Crippen molar-refractivity contribution < 1.29 is 4.74 Å². The van der Waals surface area contributed by atoms with E-state index in [0.717, 1.165) is 36.7 Å². The minimum atomic E-state index is 0.468. The fourth-order valence-corrected chi connectivity index (χ4v) is 2.03. The summed E-state index contributed by atoms with van der Waals surface area (Å²) in [5.74, 6) is 1.50. The minimum Gasteiger partial charge on any atom is -0.378 e. The van der Waals surface area contributed by atoms with E-state index < -0.39 is 0 Å². The van der Waals surface area contributed by atoms with Gasteiger partial charge in [-0.05, 0) is 13.3 Å². The van der Waals surface area contributed by atoms with E-state index in [-0.39, 0.29) is 0 Å². The molecule has 2 rings (SSSR count). The van der Waals surface area contributed by atoms with Gasteiger partial charge in [0.1, 0.15) is 11.5 Å². The molecule has 6 heteroatoms. The molecule has 2 heterocycles.